The summed E-state index contributed by atoms with van der Waals surface area (Å²) in [4.78, 5) is 11.9. The highest BCUT2D eigenvalue weighted by atomic mass is 16.5. The molecule has 4 rings (SSSR count). The fraction of sp³-hybridized carbons (Fsp3) is 0.0952. The second-order valence-corrected chi connectivity index (χ2v) is 6.02. The minimum atomic E-state index is -0.414. The van der Waals surface area contributed by atoms with Gasteiger partial charge in [-0.05, 0) is 25.5 Å². The molecule has 0 bridgehead atoms. The lowest BCUT2D eigenvalue weighted by molar-refractivity contribution is 0.456. The molecule has 24 heavy (non-hydrogen) atoms. The molecule has 4 aromatic rings. The summed E-state index contributed by atoms with van der Waals surface area (Å²) in [6, 6.07) is 19.5. The van der Waals surface area contributed by atoms with Gasteiger partial charge in [-0.25, -0.2) is 4.79 Å². The van der Waals surface area contributed by atoms with Crippen molar-refractivity contribution in [3.63, 3.8) is 0 Å². The monoisotopic (exact) mass is 316 g/mol. The lowest BCUT2D eigenvalue weighted by Gasteiger charge is -2.02. The lowest BCUT2D eigenvalue weighted by Crippen LogP contribution is -1.96. The van der Waals surface area contributed by atoms with E-state index >= 15 is 0 Å². The van der Waals surface area contributed by atoms with Crippen molar-refractivity contribution in [2.45, 2.75) is 13.8 Å². The molecular weight excluding hydrogens is 300 g/mol. The maximum absolute atomic E-state index is 11.9. The Labute approximate surface area is 139 Å². The Morgan fingerprint density at radius 2 is 1.29 bits per heavy atom. The van der Waals surface area contributed by atoms with Crippen LogP contribution in [0.5, 0.6) is 0 Å². The molecule has 0 atom stereocenters. The van der Waals surface area contributed by atoms with Crippen LogP contribution < -0.4 is 5.63 Å². The third-order valence-corrected chi connectivity index (χ3v) is 4.14. The smallest absolute Gasteiger partial charge is 0.339 e. The highest BCUT2D eigenvalue weighted by Gasteiger charge is 2.14. The molecule has 2 heterocycles. The van der Waals surface area contributed by atoms with Crippen LogP contribution in [0.2, 0.25) is 0 Å². The van der Waals surface area contributed by atoms with Gasteiger partial charge in [-0.1, -0.05) is 59.7 Å². The largest absolute Gasteiger partial charge is 0.425 e. The Morgan fingerprint density at radius 1 is 0.708 bits per heavy atom. The first-order valence-corrected chi connectivity index (χ1v) is 7.82. The first-order chi connectivity index (χ1) is 11.6. The van der Waals surface area contributed by atoms with Crippen LogP contribution in [-0.4, -0.2) is 0 Å². The standard InChI is InChI=1S/C21H16O3/c1-13-3-7-15(8-4-13)17-12-20(22)24-21-18(17)11-19(23-21)16-9-5-14(2)6-10-16/h3-12H,1-2H3. The van der Waals surface area contributed by atoms with Crippen LogP contribution in [0.3, 0.4) is 0 Å². The molecule has 0 amide bonds. The topological polar surface area (TPSA) is 43.4 Å². The fourth-order valence-corrected chi connectivity index (χ4v) is 2.79. The van der Waals surface area contributed by atoms with Gasteiger partial charge in [0.1, 0.15) is 5.76 Å². The molecule has 0 fully saturated rings. The van der Waals surface area contributed by atoms with Crippen molar-refractivity contribution in [1.82, 2.24) is 0 Å². The van der Waals surface area contributed by atoms with E-state index in [1.165, 1.54) is 17.2 Å². The molecular formula is C21H16O3. The number of benzene rings is 2. The Bertz CT molecular complexity index is 1060. The molecule has 0 aliphatic heterocycles. The lowest BCUT2D eigenvalue weighted by atomic mass is 10.0. The third-order valence-electron chi connectivity index (χ3n) is 4.14. The molecule has 3 heteroatoms. The average molecular weight is 316 g/mol. The van der Waals surface area contributed by atoms with E-state index in [0.717, 1.165) is 22.1 Å². The number of hydrogen-bond donors (Lipinski definition) is 0. The molecule has 0 N–H and O–H groups in total. The number of aryl methyl sites for hydroxylation is 2. The predicted octanol–water partition coefficient (Wildman–Crippen LogP) is 5.34. The number of fused-ring (bicyclic) bond motifs is 1. The SMILES string of the molecule is Cc1ccc(-c2cc3c(-c4ccc(C)cc4)cc(=O)oc3o2)cc1. The fourth-order valence-electron chi connectivity index (χ4n) is 2.79. The van der Waals surface area contributed by atoms with Gasteiger partial charge in [0, 0.05) is 17.2 Å². The summed E-state index contributed by atoms with van der Waals surface area (Å²) in [5, 5.41) is 0.800. The van der Waals surface area contributed by atoms with Crippen molar-refractivity contribution in [1.29, 1.82) is 0 Å². The van der Waals surface area contributed by atoms with Crippen molar-refractivity contribution in [3.8, 4) is 22.5 Å². The van der Waals surface area contributed by atoms with Crippen molar-refractivity contribution in [2.75, 3.05) is 0 Å². The van der Waals surface area contributed by atoms with Gasteiger partial charge >= 0.3 is 11.4 Å². The van der Waals surface area contributed by atoms with Gasteiger partial charge in [-0.3, -0.25) is 0 Å². The van der Waals surface area contributed by atoms with E-state index in [2.05, 4.69) is 0 Å². The number of hydrogen-bond acceptors (Lipinski definition) is 3. The minimum Gasteiger partial charge on any atom is -0.425 e. The van der Waals surface area contributed by atoms with Gasteiger partial charge in [0.15, 0.2) is 0 Å². The number of furan rings is 1. The van der Waals surface area contributed by atoms with Crippen LogP contribution in [0.15, 0.2) is 74.3 Å². The molecule has 2 aromatic heterocycles. The minimum absolute atomic E-state index is 0.258. The van der Waals surface area contributed by atoms with Crippen LogP contribution in [0.1, 0.15) is 11.1 Å². The van der Waals surface area contributed by atoms with E-state index in [9.17, 15) is 4.79 Å². The van der Waals surface area contributed by atoms with Crippen LogP contribution in [0.25, 0.3) is 33.6 Å². The third kappa shape index (κ3) is 2.54. The van der Waals surface area contributed by atoms with Crippen molar-refractivity contribution in [3.05, 3.63) is 82.2 Å². The molecule has 2 aromatic carbocycles. The van der Waals surface area contributed by atoms with Crippen molar-refractivity contribution in [2.24, 2.45) is 0 Å². The van der Waals surface area contributed by atoms with Crippen LogP contribution >= 0.6 is 0 Å². The summed E-state index contributed by atoms with van der Waals surface area (Å²) in [6.45, 7) is 4.07. The Balaban J connectivity index is 1.93. The average Bonchev–Trinajstić information content (AvgIpc) is 2.99. The number of rotatable bonds is 2. The molecule has 0 spiro atoms. The molecule has 3 nitrogen and oxygen atoms in total. The Hall–Kier alpha value is -3.07. The van der Waals surface area contributed by atoms with Crippen molar-refractivity contribution >= 4 is 11.2 Å². The first kappa shape index (κ1) is 14.5. The highest BCUT2D eigenvalue weighted by Crippen LogP contribution is 2.33. The summed E-state index contributed by atoms with van der Waals surface area (Å²) >= 11 is 0. The molecule has 0 unspecified atom stereocenters. The predicted molar refractivity (Wildman–Crippen MR) is 95.1 cm³/mol. The normalized spacial score (nSPS) is 11.1. The quantitative estimate of drug-likeness (QED) is 0.501. The maximum Gasteiger partial charge on any atom is 0.339 e. The van der Waals surface area contributed by atoms with E-state index < -0.39 is 5.63 Å². The first-order valence-electron chi connectivity index (χ1n) is 7.82. The zero-order valence-corrected chi connectivity index (χ0v) is 13.5. The van der Waals surface area contributed by atoms with Crippen LogP contribution in [-0.2, 0) is 0 Å². The second kappa shape index (κ2) is 5.53. The van der Waals surface area contributed by atoms with E-state index in [1.807, 2.05) is 68.4 Å². The maximum atomic E-state index is 11.9. The second-order valence-electron chi connectivity index (χ2n) is 6.02. The summed E-state index contributed by atoms with van der Waals surface area (Å²) in [5.41, 5.74) is 4.68. The van der Waals surface area contributed by atoms with Gasteiger partial charge in [0.2, 0.25) is 0 Å². The summed E-state index contributed by atoms with van der Waals surface area (Å²) in [6.07, 6.45) is 0. The molecule has 0 radical (unpaired) electrons. The zero-order valence-electron chi connectivity index (χ0n) is 13.5. The zero-order chi connectivity index (χ0) is 16.7. The van der Waals surface area contributed by atoms with Gasteiger partial charge in [0.05, 0.1) is 5.39 Å². The van der Waals surface area contributed by atoms with E-state index in [-0.39, 0.29) is 5.78 Å². The summed E-state index contributed by atoms with van der Waals surface area (Å²) < 4.78 is 11.0. The summed E-state index contributed by atoms with van der Waals surface area (Å²) in [7, 11) is 0. The Morgan fingerprint density at radius 3 is 1.92 bits per heavy atom. The molecule has 0 saturated heterocycles. The van der Waals surface area contributed by atoms with E-state index in [4.69, 9.17) is 8.83 Å². The van der Waals surface area contributed by atoms with Crippen LogP contribution in [0.4, 0.5) is 0 Å². The van der Waals surface area contributed by atoms with E-state index in [1.54, 1.807) is 0 Å². The molecule has 0 aliphatic rings. The molecule has 118 valence electrons. The van der Waals surface area contributed by atoms with Crippen LogP contribution in [0, 0.1) is 13.8 Å². The highest BCUT2D eigenvalue weighted by molar-refractivity contribution is 5.93. The Kier molecular flexibility index (Phi) is 3.35. The summed E-state index contributed by atoms with van der Waals surface area (Å²) in [5.74, 6) is 0.946. The van der Waals surface area contributed by atoms with Gasteiger partial charge in [-0.15, -0.1) is 0 Å². The van der Waals surface area contributed by atoms with E-state index in [0.29, 0.717) is 5.76 Å². The molecule has 0 saturated carbocycles. The molecule has 0 aliphatic carbocycles. The van der Waals surface area contributed by atoms with Gasteiger partial charge in [0.25, 0.3) is 0 Å². The van der Waals surface area contributed by atoms with Gasteiger partial charge in [-0.2, -0.15) is 0 Å². The van der Waals surface area contributed by atoms with Crippen molar-refractivity contribution < 1.29 is 8.83 Å². The van der Waals surface area contributed by atoms with Gasteiger partial charge < -0.3 is 8.83 Å².